The number of hydrogen-bond donors (Lipinski definition) is 3. The summed E-state index contributed by atoms with van der Waals surface area (Å²) in [6, 6.07) is 12.2. The number of hydrogen-bond acceptors (Lipinski definition) is 7. The van der Waals surface area contributed by atoms with Gasteiger partial charge < -0.3 is 26.0 Å². The standard InChI is InChI=1S/C27H34N6O2/c1-5-17(2)12-19-8-6-7-9-22(19)30-26-21(25(28)34)15-29-27(32-26)31-23-13-20-16-33(3)11-10-18(20)14-24(23)35-4/h6-9,13-15,17H,5,10-12,16H2,1-4H3,(H2,28,34)(H2,29,30,31,32). The fourth-order valence-electron chi connectivity index (χ4n) is 4.30. The van der Waals surface area contributed by atoms with Crippen LogP contribution in [0.4, 0.5) is 23.1 Å². The molecule has 1 unspecified atom stereocenters. The van der Waals surface area contributed by atoms with E-state index in [1.807, 2.05) is 18.2 Å². The number of methoxy groups -OCH3 is 1. The number of primary amides is 1. The number of ether oxygens (including phenoxy) is 1. The zero-order valence-corrected chi connectivity index (χ0v) is 20.9. The molecular weight excluding hydrogens is 440 g/mol. The van der Waals surface area contributed by atoms with Crippen molar-refractivity contribution < 1.29 is 9.53 Å². The minimum Gasteiger partial charge on any atom is -0.495 e. The molecule has 1 aromatic heterocycles. The zero-order valence-electron chi connectivity index (χ0n) is 20.9. The van der Waals surface area contributed by atoms with Crippen molar-refractivity contribution >= 4 is 29.0 Å². The van der Waals surface area contributed by atoms with Crippen molar-refractivity contribution in [3.63, 3.8) is 0 Å². The van der Waals surface area contributed by atoms with Crippen LogP contribution in [-0.4, -0.2) is 41.5 Å². The lowest BCUT2D eigenvalue weighted by atomic mass is 9.97. The first-order valence-corrected chi connectivity index (χ1v) is 12.0. The number of carbonyl (C=O) groups is 1. The van der Waals surface area contributed by atoms with Gasteiger partial charge in [-0.3, -0.25) is 4.79 Å². The highest BCUT2D eigenvalue weighted by Gasteiger charge is 2.19. The van der Waals surface area contributed by atoms with E-state index in [0.29, 0.717) is 17.7 Å². The summed E-state index contributed by atoms with van der Waals surface area (Å²) >= 11 is 0. The van der Waals surface area contributed by atoms with Crippen molar-refractivity contribution in [1.82, 2.24) is 14.9 Å². The highest BCUT2D eigenvalue weighted by Crippen LogP contribution is 2.33. The number of carbonyl (C=O) groups excluding carboxylic acids is 1. The molecule has 0 saturated heterocycles. The molecule has 4 rings (SSSR count). The number of amides is 1. The van der Waals surface area contributed by atoms with E-state index in [1.165, 1.54) is 17.3 Å². The lowest BCUT2D eigenvalue weighted by Gasteiger charge is -2.26. The molecule has 1 atom stereocenters. The first-order chi connectivity index (χ1) is 16.9. The summed E-state index contributed by atoms with van der Waals surface area (Å²) in [5.74, 6) is 1.38. The Kier molecular flexibility index (Phi) is 7.51. The van der Waals surface area contributed by atoms with Gasteiger partial charge in [-0.05, 0) is 60.7 Å². The molecule has 4 N–H and O–H groups in total. The second kappa shape index (κ2) is 10.7. The molecule has 0 bridgehead atoms. The SMILES string of the molecule is CCC(C)Cc1ccccc1Nc1nc(Nc2cc3c(cc2OC)CCN(C)C3)ncc1C(N)=O. The van der Waals surface area contributed by atoms with E-state index in [9.17, 15) is 4.79 Å². The van der Waals surface area contributed by atoms with Crippen LogP contribution in [-0.2, 0) is 19.4 Å². The third-order valence-electron chi connectivity index (χ3n) is 6.56. The predicted octanol–water partition coefficient (Wildman–Crippen LogP) is 4.65. The first-order valence-electron chi connectivity index (χ1n) is 12.0. The summed E-state index contributed by atoms with van der Waals surface area (Å²) in [4.78, 5) is 23.4. The normalized spacial score (nSPS) is 14.2. The Morgan fingerprint density at radius 3 is 2.74 bits per heavy atom. The summed E-state index contributed by atoms with van der Waals surface area (Å²) in [5.41, 5.74) is 11.2. The number of nitrogens with two attached hydrogens (primary N) is 1. The maximum atomic E-state index is 12.1. The molecule has 0 aliphatic carbocycles. The average Bonchev–Trinajstić information content (AvgIpc) is 2.84. The fourth-order valence-corrected chi connectivity index (χ4v) is 4.30. The fraction of sp³-hybridized carbons (Fsp3) is 0.370. The van der Waals surface area contributed by atoms with Crippen LogP contribution in [0.1, 0.15) is 47.3 Å². The summed E-state index contributed by atoms with van der Waals surface area (Å²) in [7, 11) is 3.77. The number of benzene rings is 2. The molecule has 1 aliphatic heterocycles. The van der Waals surface area contributed by atoms with Crippen LogP contribution < -0.4 is 21.1 Å². The molecule has 0 saturated carbocycles. The molecule has 8 nitrogen and oxygen atoms in total. The van der Waals surface area contributed by atoms with Gasteiger partial charge in [0.2, 0.25) is 5.95 Å². The third-order valence-corrected chi connectivity index (χ3v) is 6.56. The Labute approximate surface area is 206 Å². The summed E-state index contributed by atoms with van der Waals surface area (Å²) in [5, 5.41) is 6.61. The molecule has 0 radical (unpaired) electrons. The van der Waals surface area contributed by atoms with Crippen LogP contribution in [0.15, 0.2) is 42.6 Å². The highest BCUT2D eigenvalue weighted by atomic mass is 16.5. The van der Waals surface area contributed by atoms with E-state index in [-0.39, 0.29) is 5.56 Å². The minimum absolute atomic E-state index is 0.230. The second-order valence-corrected chi connectivity index (χ2v) is 9.25. The number of nitrogens with zero attached hydrogens (tertiary/aromatic N) is 3. The Bertz CT molecular complexity index is 1210. The molecule has 184 valence electrons. The number of nitrogens with one attached hydrogen (secondary N) is 2. The van der Waals surface area contributed by atoms with E-state index >= 15 is 0 Å². The van der Waals surface area contributed by atoms with E-state index in [4.69, 9.17) is 10.5 Å². The maximum absolute atomic E-state index is 12.1. The largest absolute Gasteiger partial charge is 0.495 e. The van der Waals surface area contributed by atoms with Crippen LogP contribution in [0.25, 0.3) is 0 Å². The lowest BCUT2D eigenvalue weighted by molar-refractivity contribution is 0.100. The lowest BCUT2D eigenvalue weighted by Crippen LogP contribution is -2.26. The van der Waals surface area contributed by atoms with E-state index in [2.05, 4.69) is 64.6 Å². The van der Waals surface area contributed by atoms with Gasteiger partial charge in [-0.1, -0.05) is 38.5 Å². The smallest absolute Gasteiger partial charge is 0.254 e. The van der Waals surface area contributed by atoms with Gasteiger partial charge in [-0.25, -0.2) is 4.98 Å². The van der Waals surface area contributed by atoms with Crippen LogP contribution in [0, 0.1) is 5.92 Å². The molecule has 1 amide bonds. The van der Waals surface area contributed by atoms with Crippen molar-refractivity contribution in [2.45, 2.75) is 39.7 Å². The maximum Gasteiger partial charge on any atom is 0.254 e. The molecule has 2 heterocycles. The second-order valence-electron chi connectivity index (χ2n) is 9.25. The molecule has 35 heavy (non-hydrogen) atoms. The zero-order chi connectivity index (χ0) is 24.9. The van der Waals surface area contributed by atoms with Gasteiger partial charge in [-0.2, -0.15) is 4.98 Å². The van der Waals surface area contributed by atoms with E-state index in [0.717, 1.165) is 55.0 Å². The van der Waals surface area contributed by atoms with Crippen molar-refractivity contribution in [3.8, 4) is 5.75 Å². The molecule has 2 aromatic carbocycles. The number of rotatable bonds is 9. The van der Waals surface area contributed by atoms with Gasteiger partial charge >= 0.3 is 0 Å². The first kappa shape index (κ1) is 24.5. The van der Waals surface area contributed by atoms with Gasteiger partial charge in [0.25, 0.3) is 5.91 Å². The number of para-hydroxylation sites is 1. The van der Waals surface area contributed by atoms with E-state index < -0.39 is 5.91 Å². The van der Waals surface area contributed by atoms with Crippen molar-refractivity contribution in [2.75, 3.05) is 31.3 Å². The Morgan fingerprint density at radius 2 is 2.00 bits per heavy atom. The summed E-state index contributed by atoms with van der Waals surface area (Å²) < 4.78 is 5.64. The van der Waals surface area contributed by atoms with Gasteiger partial charge in [-0.15, -0.1) is 0 Å². The van der Waals surface area contributed by atoms with Crippen molar-refractivity contribution in [1.29, 1.82) is 0 Å². The van der Waals surface area contributed by atoms with Gasteiger partial charge in [0.1, 0.15) is 17.1 Å². The molecular formula is C27H34N6O2. The molecule has 0 spiro atoms. The molecule has 3 aromatic rings. The van der Waals surface area contributed by atoms with Gasteiger partial charge in [0.05, 0.1) is 12.8 Å². The van der Waals surface area contributed by atoms with Crippen LogP contribution in [0.2, 0.25) is 0 Å². The minimum atomic E-state index is -0.590. The molecule has 1 aliphatic rings. The molecule has 0 fully saturated rings. The number of likely N-dealkylation sites (N-methyl/N-ethyl adjacent to an activating group) is 1. The van der Waals surface area contributed by atoms with Crippen LogP contribution in [0.5, 0.6) is 5.75 Å². The molecule has 8 heteroatoms. The van der Waals surface area contributed by atoms with Crippen LogP contribution in [0.3, 0.4) is 0 Å². The third kappa shape index (κ3) is 5.71. The average molecular weight is 475 g/mol. The van der Waals surface area contributed by atoms with Crippen molar-refractivity contribution in [2.24, 2.45) is 11.7 Å². The summed E-state index contributed by atoms with van der Waals surface area (Å²) in [6.45, 7) is 6.30. The topological polar surface area (TPSA) is 105 Å². The Hall–Kier alpha value is -3.65. The summed E-state index contributed by atoms with van der Waals surface area (Å²) in [6.07, 6.45) is 4.44. The van der Waals surface area contributed by atoms with Gasteiger partial charge in [0, 0.05) is 25.0 Å². The van der Waals surface area contributed by atoms with Gasteiger partial charge in [0.15, 0.2) is 0 Å². The monoisotopic (exact) mass is 474 g/mol. The number of fused-ring (bicyclic) bond motifs is 1. The van der Waals surface area contributed by atoms with Crippen LogP contribution >= 0.6 is 0 Å². The van der Waals surface area contributed by atoms with E-state index in [1.54, 1.807) is 7.11 Å². The number of aromatic nitrogens is 2. The predicted molar refractivity (Wildman–Crippen MR) is 140 cm³/mol. The Balaban J connectivity index is 1.66. The highest BCUT2D eigenvalue weighted by molar-refractivity contribution is 5.98. The number of anilines is 4. The quantitative estimate of drug-likeness (QED) is 0.415. The van der Waals surface area contributed by atoms with Crippen molar-refractivity contribution in [3.05, 3.63) is 64.8 Å². The Morgan fingerprint density at radius 1 is 1.20 bits per heavy atom.